The summed E-state index contributed by atoms with van der Waals surface area (Å²) in [6.07, 6.45) is 0. The Morgan fingerprint density at radius 1 is 1.18 bits per heavy atom. The fourth-order valence-electron chi connectivity index (χ4n) is 2.97. The van der Waals surface area contributed by atoms with Crippen LogP contribution in [0, 0.1) is 0 Å². The summed E-state index contributed by atoms with van der Waals surface area (Å²) in [5.41, 5.74) is 3.71. The van der Waals surface area contributed by atoms with E-state index in [1.807, 2.05) is 0 Å². The van der Waals surface area contributed by atoms with Gasteiger partial charge in [0.2, 0.25) is 0 Å². The first-order chi connectivity index (χ1) is 8.18. The molecule has 0 radical (unpaired) electrons. The Balaban J connectivity index is 2.38. The summed E-state index contributed by atoms with van der Waals surface area (Å²) in [6, 6.07) is 12.9. The molecule has 0 saturated heterocycles. The molecule has 0 aromatic heterocycles. The molecule has 17 heavy (non-hydrogen) atoms. The third-order valence-electron chi connectivity index (χ3n) is 3.92. The van der Waals surface area contributed by atoms with Gasteiger partial charge in [0.25, 0.3) is 0 Å². The van der Waals surface area contributed by atoms with Crippen molar-refractivity contribution in [1.29, 1.82) is 0 Å². The fraction of sp³-hybridized carbons (Fsp3) is 0.250. The minimum absolute atomic E-state index is 0.0854. The predicted octanol–water partition coefficient (Wildman–Crippen LogP) is 3.77. The molecule has 0 fully saturated rings. The second kappa shape index (κ2) is 3.44. The van der Waals surface area contributed by atoms with Crippen LogP contribution in [0.1, 0.15) is 18.1 Å². The summed E-state index contributed by atoms with van der Waals surface area (Å²) in [7, 11) is 1.75. The number of ether oxygens (including phenoxy) is 1. The molecule has 2 aromatic rings. The van der Waals surface area contributed by atoms with Gasteiger partial charge in [-0.1, -0.05) is 43.0 Å². The summed E-state index contributed by atoms with van der Waals surface area (Å²) in [6.45, 7) is 7.18. The standard InChI is InChI=1S/C16H16O/c1-11-13-8-4-6-12-7-5-9-14(15(12)13)16(11,2)10-17-3/h4-9H,1,10H2,2-3H3. The van der Waals surface area contributed by atoms with Crippen molar-refractivity contribution in [2.75, 3.05) is 13.7 Å². The van der Waals surface area contributed by atoms with Crippen LogP contribution in [0.25, 0.3) is 16.3 Å². The number of benzene rings is 2. The van der Waals surface area contributed by atoms with E-state index in [1.165, 1.54) is 27.5 Å². The molecule has 1 atom stereocenters. The largest absolute Gasteiger partial charge is 0.383 e. The second-order valence-electron chi connectivity index (χ2n) is 4.95. The Morgan fingerprint density at radius 2 is 1.88 bits per heavy atom. The zero-order valence-electron chi connectivity index (χ0n) is 10.3. The predicted molar refractivity (Wildman–Crippen MR) is 72.2 cm³/mol. The molecule has 86 valence electrons. The molecule has 0 spiro atoms. The van der Waals surface area contributed by atoms with Crippen LogP contribution in [0.4, 0.5) is 0 Å². The Hall–Kier alpha value is -1.60. The fourth-order valence-corrected chi connectivity index (χ4v) is 2.97. The maximum absolute atomic E-state index is 5.40. The van der Waals surface area contributed by atoms with Crippen molar-refractivity contribution in [3.8, 4) is 0 Å². The maximum Gasteiger partial charge on any atom is 0.0597 e. The highest BCUT2D eigenvalue weighted by molar-refractivity contribution is 6.04. The van der Waals surface area contributed by atoms with Crippen molar-refractivity contribution in [3.05, 3.63) is 54.1 Å². The Labute approximate surface area is 102 Å². The summed E-state index contributed by atoms with van der Waals surface area (Å²) >= 11 is 0. The van der Waals surface area contributed by atoms with Gasteiger partial charge in [0.15, 0.2) is 0 Å². The van der Waals surface area contributed by atoms with Crippen LogP contribution in [-0.4, -0.2) is 13.7 Å². The highest BCUT2D eigenvalue weighted by Crippen LogP contribution is 2.49. The van der Waals surface area contributed by atoms with Crippen molar-refractivity contribution < 1.29 is 4.74 Å². The quantitative estimate of drug-likeness (QED) is 0.754. The van der Waals surface area contributed by atoms with E-state index < -0.39 is 0 Å². The third-order valence-corrected chi connectivity index (χ3v) is 3.92. The van der Waals surface area contributed by atoms with Gasteiger partial charge in [0.05, 0.1) is 6.61 Å². The first-order valence-corrected chi connectivity index (χ1v) is 5.89. The average Bonchev–Trinajstić information content (AvgIpc) is 2.55. The lowest BCUT2D eigenvalue weighted by atomic mass is 9.81. The SMILES string of the molecule is C=C1c2cccc3cccc(c23)C1(C)COC. The summed E-state index contributed by atoms with van der Waals surface area (Å²) in [5.74, 6) is 0. The van der Waals surface area contributed by atoms with E-state index in [1.54, 1.807) is 7.11 Å². The Kier molecular flexibility index (Phi) is 2.14. The first-order valence-electron chi connectivity index (χ1n) is 5.89. The van der Waals surface area contributed by atoms with Crippen molar-refractivity contribution in [2.45, 2.75) is 12.3 Å². The molecular formula is C16H16O. The molecule has 1 nitrogen and oxygen atoms in total. The van der Waals surface area contributed by atoms with E-state index in [-0.39, 0.29) is 5.41 Å². The van der Waals surface area contributed by atoms with Gasteiger partial charge in [-0.25, -0.2) is 0 Å². The molecule has 1 heteroatoms. The molecule has 0 bridgehead atoms. The van der Waals surface area contributed by atoms with E-state index in [0.717, 1.165) is 0 Å². The maximum atomic E-state index is 5.40. The van der Waals surface area contributed by atoms with Crippen molar-refractivity contribution >= 4 is 16.3 Å². The molecule has 3 rings (SSSR count). The van der Waals surface area contributed by atoms with Crippen molar-refractivity contribution in [3.63, 3.8) is 0 Å². The smallest absolute Gasteiger partial charge is 0.0597 e. The number of hydrogen-bond acceptors (Lipinski definition) is 1. The number of methoxy groups -OCH3 is 1. The normalized spacial score (nSPS) is 22.4. The van der Waals surface area contributed by atoms with Crippen LogP contribution in [0.15, 0.2) is 43.0 Å². The van der Waals surface area contributed by atoms with Crippen molar-refractivity contribution in [1.82, 2.24) is 0 Å². The summed E-state index contributed by atoms with van der Waals surface area (Å²) in [4.78, 5) is 0. The van der Waals surface area contributed by atoms with Crippen LogP contribution in [0.2, 0.25) is 0 Å². The van der Waals surface area contributed by atoms with Crippen LogP contribution in [0.5, 0.6) is 0 Å². The second-order valence-corrected chi connectivity index (χ2v) is 4.95. The third kappa shape index (κ3) is 1.23. The number of rotatable bonds is 2. The van der Waals surface area contributed by atoms with Crippen molar-refractivity contribution in [2.24, 2.45) is 0 Å². The highest BCUT2D eigenvalue weighted by atomic mass is 16.5. The van der Waals surface area contributed by atoms with E-state index in [9.17, 15) is 0 Å². The van der Waals surface area contributed by atoms with Gasteiger partial charge in [0, 0.05) is 12.5 Å². The van der Waals surface area contributed by atoms with Crippen LogP contribution < -0.4 is 0 Å². The lowest BCUT2D eigenvalue weighted by molar-refractivity contribution is 0.164. The van der Waals surface area contributed by atoms with E-state index in [4.69, 9.17) is 4.74 Å². The zero-order chi connectivity index (χ0) is 12.0. The highest BCUT2D eigenvalue weighted by Gasteiger charge is 2.38. The lowest BCUT2D eigenvalue weighted by Gasteiger charge is -2.26. The van der Waals surface area contributed by atoms with Gasteiger partial charge in [0.1, 0.15) is 0 Å². The topological polar surface area (TPSA) is 9.23 Å². The monoisotopic (exact) mass is 224 g/mol. The van der Waals surface area contributed by atoms with E-state index in [0.29, 0.717) is 6.61 Å². The van der Waals surface area contributed by atoms with Gasteiger partial charge < -0.3 is 4.74 Å². The molecule has 0 N–H and O–H groups in total. The van der Waals surface area contributed by atoms with Gasteiger partial charge in [-0.3, -0.25) is 0 Å². The molecule has 1 aliphatic carbocycles. The van der Waals surface area contributed by atoms with Crippen LogP contribution in [0.3, 0.4) is 0 Å². The van der Waals surface area contributed by atoms with E-state index >= 15 is 0 Å². The summed E-state index contributed by atoms with van der Waals surface area (Å²) < 4.78 is 5.40. The van der Waals surface area contributed by atoms with Gasteiger partial charge >= 0.3 is 0 Å². The van der Waals surface area contributed by atoms with Gasteiger partial charge in [-0.05, 0) is 34.4 Å². The van der Waals surface area contributed by atoms with Gasteiger partial charge in [-0.15, -0.1) is 0 Å². The molecule has 0 aliphatic heterocycles. The molecule has 1 aliphatic rings. The number of hydrogen-bond donors (Lipinski definition) is 0. The minimum atomic E-state index is -0.0854. The van der Waals surface area contributed by atoms with Crippen LogP contribution >= 0.6 is 0 Å². The van der Waals surface area contributed by atoms with Crippen LogP contribution in [-0.2, 0) is 10.2 Å². The van der Waals surface area contributed by atoms with Gasteiger partial charge in [-0.2, -0.15) is 0 Å². The first kappa shape index (κ1) is 10.5. The molecule has 0 saturated carbocycles. The Morgan fingerprint density at radius 3 is 2.59 bits per heavy atom. The summed E-state index contributed by atoms with van der Waals surface area (Å²) in [5, 5.41) is 2.64. The minimum Gasteiger partial charge on any atom is -0.383 e. The molecule has 1 unspecified atom stereocenters. The average molecular weight is 224 g/mol. The molecule has 2 aromatic carbocycles. The molecule has 0 heterocycles. The molecule has 0 amide bonds. The Bertz CT molecular complexity index is 607. The van der Waals surface area contributed by atoms with E-state index in [2.05, 4.69) is 49.9 Å². The lowest BCUT2D eigenvalue weighted by Crippen LogP contribution is -2.25. The zero-order valence-corrected chi connectivity index (χ0v) is 10.3. The molecular weight excluding hydrogens is 208 g/mol.